The Balaban J connectivity index is 2.09. The lowest BCUT2D eigenvalue weighted by Crippen LogP contribution is -2.36. The van der Waals surface area contributed by atoms with E-state index < -0.39 is 11.6 Å². The highest BCUT2D eigenvalue weighted by atomic mass is 19.1. The lowest BCUT2D eigenvalue weighted by Gasteiger charge is -2.29. The van der Waals surface area contributed by atoms with Crippen molar-refractivity contribution in [2.45, 2.75) is 18.9 Å². The molecule has 0 aromatic carbocycles. The van der Waals surface area contributed by atoms with Crippen molar-refractivity contribution in [3.8, 4) is 5.88 Å². The minimum Gasteiger partial charge on any atom is -0.472 e. The normalized spacial score (nSPS) is 17.8. The maximum absolute atomic E-state index is 13.5. The number of anilines is 1. The summed E-state index contributed by atoms with van der Waals surface area (Å²) in [5, 5.41) is 2.57. The minimum atomic E-state index is -0.759. The predicted octanol–water partition coefficient (Wildman–Crippen LogP) is 1.87. The highest BCUT2D eigenvalue weighted by molar-refractivity contribution is 5.39. The van der Waals surface area contributed by atoms with Gasteiger partial charge in [0.1, 0.15) is 6.10 Å². The third-order valence-corrected chi connectivity index (χ3v) is 3.08. The number of likely N-dealkylation sites (tertiary alicyclic amines) is 1. The van der Waals surface area contributed by atoms with Gasteiger partial charge in [0, 0.05) is 26.2 Å². The van der Waals surface area contributed by atoms with Crippen molar-refractivity contribution in [1.29, 1.82) is 0 Å². The molecule has 0 unspecified atom stereocenters. The van der Waals surface area contributed by atoms with Crippen LogP contribution in [0.3, 0.4) is 0 Å². The van der Waals surface area contributed by atoms with E-state index >= 15 is 0 Å². The Kier molecular flexibility index (Phi) is 3.96. The molecule has 1 saturated heterocycles. The van der Waals surface area contributed by atoms with Crippen molar-refractivity contribution < 1.29 is 13.5 Å². The minimum absolute atomic E-state index is 0.000623. The molecule has 1 aliphatic heterocycles. The van der Waals surface area contributed by atoms with Gasteiger partial charge in [0.15, 0.2) is 17.5 Å². The molecular formula is C12H17F2N3O. The molecule has 0 amide bonds. The number of nitrogens with zero attached hydrogens (tertiary/aromatic N) is 2. The summed E-state index contributed by atoms with van der Waals surface area (Å²) in [4.78, 5) is 5.99. The summed E-state index contributed by atoms with van der Waals surface area (Å²) in [5.41, 5.74) is 0. The summed E-state index contributed by atoms with van der Waals surface area (Å²) < 4.78 is 32.3. The SMILES string of the molecule is CNc1nc(OC2CCN(C)CC2)c(F)cc1F. The van der Waals surface area contributed by atoms with Crippen LogP contribution in [0, 0.1) is 11.6 Å². The van der Waals surface area contributed by atoms with Gasteiger partial charge in [-0.1, -0.05) is 0 Å². The van der Waals surface area contributed by atoms with Crippen LogP contribution in [0.2, 0.25) is 0 Å². The first-order chi connectivity index (χ1) is 8.60. The zero-order valence-electron chi connectivity index (χ0n) is 10.5. The van der Waals surface area contributed by atoms with Gasteiger partial charge in [-0.05, 0) is 19.9 Å². The molecule has 1 aromatic rings. The molecule has 1 fully saturated rings. The van der Waals surface area contributed by atoms with E-state index in [1.165, 1.54) is 7.05 Å². The van der Waals surface area contributed by atoms with Crippen molar-refractivity contribution in [3.05, 3.63) is 17.7 Å². The number of aromatic nitrogens is 1. The largest absolute Gasteiger partial charge is 0.472 e. The molecule has 1 aromatic heterocycles. The van der Waals surface area contributed by atoms with Gasteiger partial charge in [0.2, 0.25) is 0 Å². The molecule has 0 radical (unpaired) electrons. The molecule has 100 valence electrons. The molecule has 18 heavy (non-hydrogen) atoms. The summed E-state index contributed by atoms with van der Waals surface area (Å²) in [6.45, 7) is 1.82. The lowest BCUT2D eigenvalue weighted by atomic mass is 10.1. The second kappa shape index (κ2) is 5.48. The van der Waals surface area contributed by atoms with Crippen LogP contribution in [0.15, 0.2) is 6.07 Å². The maximum Gasteiger partial charge on any atom is 0.252 e. The van der Waals surface area contributed by atoms with Gasteiger partial charge in [-0.2, -0.15) is 4.98 Å². The van der Waals surface area contributed by atoms with Crippen LogP contribution < -0.4 is 10.1 Å². The van der Waals surface area contributed by atoms with Crippen LogP contribution in [0.4, 0.5) is 14.6 Å². The highest BCUT2D eigenvalue weighted by Crippen LogP contribution is 2.23. The van der Waals surface area contributed by atoms with E-state index in [0.29, 0.717) is 0 Å². The van der Waals surface area contributed by atoms with E-state index in [2.05, 4.69) is 15.2 Å². The van der Waals surface area contributed by atoms with E-state index in [0.717, 1.165) is 32.0 Å². The van der Waals surface area contributed by atoms with Crippen LogP contribution in [-0.4, -0.2) is 43.2 Å². The molecule has 0 bridgehead atoms. The third-order valence-electron chi connectivity index (χ3n) is 3.08. The average Bonchev–Trinajstić information content (AvgIpc) is 2.35. The summed E-state index contributed by atoms with van der Waals surface area (Å²) in [6, 6.07) is 0.795. The van der Waals surface area contributed by atoms with Crippen LogP contribution >= 0.6 is 0 Å². The van der Waals surface area contributed by atoms with Crippen molar-refractivity contribution in [2.75, 3.05) is 32.5 Å². The molecular weight excluding hydrogens is 240 g/mol. The van der Waals surface area contributed by atoms with Gasteiger partial charge in [-0.3, -0.25) is 0 Å². The van der Waals surface area contributed by atoms with Gasteiger partial charge in [0.05, 0.1) is 0 Å². The Morgan fingerprint density at radius 2 is 2.00 bits per heavy atom. The van der Waals surface area contributed by atoms with Crippen LogP contribution in [0.1, 0.15) is 12.8 Å². The average molecular weight is 257 g/mol. The predicted molar refractivity (Wildman–Crippen MR) is 64.8 cm³/mol. The first-order valence-electron chi connectivity index (χ1n) is 5.99. The smallest absolute Gasteiger partial charge is 0.252 e. The van der Waals surface area contributed by atoms with E-state index in [4.69, 9.17) is 4.74 Å². The molecule has 0 saturated carbocycles. The topological polar surface area (TPSA) is 37.4 Å². The third kappa shape index (κ3) is 2.87. The number of ether oxygens (including phenoxy) is 1. The van der Waals surface area contributed by atoms with Gasteiger partial charge in [0.25, 0.3) is 5.88 Å². The summed E-state index contributed by atoms with van der Waals surface area (Å²) >= 11 is 0. The zero-order valence-corrected chi connectivity index (χ0v) is 10.5. The lowest BCUT2D eigenvalue weighted by molar-refractivity contribution is 0.105. The number of halogens is 2. The maximum atomic E-state index is 13.5. The molecule has 0 aliphatic carbocycles. The highest BCUT2D eigenvalue weighted by Gasteiger charge is 2.21. The number of piperidine rings is 1. The number of pyridine rings is 1. The Hall–Kier alpha value is -1.43. The first-order valence-corrected chi connectivity index (χ1v) is 5.99. The molecule has 4 nitrogen and oxygen atoms in total. The van der Waals surface area contributed by atoms with E-state index in [1.54, 1.807) is 0 Å². The van der Waals surface area contributed by atoms with Gasteiger partial charge >= 0.3 is 0 Å². The Bertz CT molecular complexity index is 420. The van der Waals surface area contributed by atoms with E-state index in [9.17, 15) is 8.78 Å². The molecule has 1 N–H and O–H groups in total. The molecule has 0 atom stereocenters. The number of rotatable bonds is 3. The first kappa shape index (κ1) is 13.0. The Labute approximate surface area is 105 Å². The van der Waals surface area contributed by atoms with E-state index in [1.807, 2.05) is 7.05 Å². The fraction of sp³-hybridized carbons (Fsp3) is 0.583. The Morgan fingerprint density at radius 3 is 2.61 bits per heavy atom. The number of hydrogen-bond acceptors (Lipinski definition) is 4. The summed E-state index contributed by atoms with van der Waals surface area (Å²) in [5.74, 6) is -1.61. The number of hydrogen-bond donors (Lipinski definition) is 1. The molecule has 2 rings (SSSR count). The van der Waals surface area contributed by atoms with Gasteiger partial charge in [-0.25, -0.2) is 8.78 Å². The summed E-state index contributed by atoms with van der Waals surface area (Å²) in [6.07, 6.45) is 1.59. The fourth-order valence-corrected chi connectivity index (χ4v) is 1.97. The van der Waals surface area contributed by atoms with Gasteiger partial charge < -0.3 is 15.0 Å². The summed E-state index contributed by atoms with van der Waals surface area (Å²) in [7, 11) is 3.56. The zero-order chi connectivity index (χ0) is 13.1. The molecule has 6 heteroatoms. The van der Waals surface area contributed by atoms with Crippen molar-refractivity contribution in [3.63, 3.8) is 0 Å². The molecule has 1 aliphatic rings. The van der Waals surface area contributed by atoms with E-state index in [-0.39, 0.29) is 17.8 Å². The molecule has 2 heterocycles. The van der Waals surface area contributed by atoms with Crippen molar-refractivity contribution in [1.82, 2.24) is 9.88 Å². The number of nitrogens with one attached hydrogen (secondary N) is 1. The second-order valence-electron chi connectivity index (χ2n) is 4.48. The monoisotopic (exact) mass is 257 g/mol. The Morgan fingerprint density at radius 1 is 1.33 bits per heavy atom. The quantitative estimate of drug-likeness (QED) is 0.897. The van der Waals surface area contributed by atoms with Crippen LogP contribution in [0.5, 0.6) is 5.88 Å². The second-order valence-corrected chi connectivity index (χ2v) is 4.48. The van der Waals surface area contributed by atoms with Crippen molar-refractivity contribution >= 4 is 5.82 Å². The van der Waals surface area contributed by atoms with Crippen molar-refractivity contribution in [2.24, 2.45) is 0 Å². The molecule has 0 spiro atoms. The fourth-order valence-electron chi connectivity index (χ4n) is 1.97. The van der Waals surface area contributed by atoms with Crippen LogP contribution in [0.25, 0.3) is 0 Å². The van der Waals surface area contributed by atoms with Crippen LogP contribution in [-0.2, 0) is 0 Å². The standard InChI is InChI=1S/C12H17F2N3O/c1-15-11-9(13)7-10(14)12(16-11)18-8-3-5-17(2)6-4-8/h7-8H,3-6H2,1-2H3,(H,15,16). The van der Waals surface area contributed by atoms with Gasteiger partial charge in [-0.15, -0.1) is 0 Å².